The molecule has 30 heavy (non-hydrogen) atoms. The largest absolute Gasteiger partial charge is 0.395 e. The SMILES string of the molecule is CNC(=O)c1c2cc(C3CC3)c(S(=O)(=O)NCCO)cc2nn1-c1ccc(F)cc1. The van der Waals surface area contributed by atoms with Crippen molar-refractivity contribution < 1.29 is 22.7 Å². The number of nitrogens with zero attached hydrogens (tertiary/aromatic N) is 2. The molecule has 2 aromatic carbocycles. The zero-order valence-corrected chi connectivity index (χ0v) is 17.0. The topological polar surface area (TPSA) is 113 Å². The van der Waals surface area contributed by atoms with Gasteiger partial charge in [0.1, 0.15) is 11.5 Å². The van der Waals surface area contributed by atoms with E-state index in [9.17, 15) is 17.6 Å². The second-order valence-corrected chi connectivity index (χ2v) is 8.85. The van der Waals surface area contributed by atoms with Crippen LogP contribution < -0.4 is 10.0 Å². The van der Waals surface area contributed by atoms with E-state index in [2.05, 4.69) is 15.1 Å². The molecule has 0 radical (unpaired) electrons. The first kappa shape index (κ1) is 20.5. The van der Waals surface area contributed by atoms with Gasteiger partial charge in [0, 0.05) is 19.0 Å². The van der Waals surface area contributed by atoms with Gasteiger partial charge in [-0.15, -0.1) is 0 Å². The van der Waals surface area contributed by atoms with Crippen LogP contribution in [0.25, 0.3) is 16.6 Å². The molecule has 0 spiro atoms. The number of nitrogens with one attached hydrogen (secondary N) is 2. The van der Waals surface area contributed by atoms with Crippen molar-refractivity contribution in [1.29, 1.82) is 0 Å². The molecule has 3 aromatic rings. The Balaban J connectivity index is 1.97. The van der Waals surface area contributed by atoms with E-state index < -0.39 is 21.7 Å². The zero-order valence-electron chi connectivity index (χ0n) is 16.2. The van der Waals surface area contributed by atoms with E-state index in [-0.39, 0.29) is 29.7 Å². The van der Waals surface area contributed by atoms with Gasteiger partial charge in [0.2, 0.25) is 10.0 Å². The molecule has 0 saturated heterocycles. The minimum Gasteiger partial charge on any atom is -0.395 e. The summed E-state index contributed by atoms with van der Waals surface area (Å²) >= 11 is 0. The molecule has 1 fully saturated rings. The third-order valence-corrected chi connectivity index (χ3v) is 6.54. The third-order valence-electron chi connectivity index (χ3n) is 5.03. The molecule has 0 bridgehead atoms. The average Bonchev–Trinajstić information content (AvgIpc) is 3.52. The van der Waals surface area contributed by atoms with Gasteiger partial charge in [0.05, 0.1) is 22.7 Å². The standard InChI is InChI=1S/C20H21FN4O4S/c1-22-20(27)19-16-10-15(12-2-3-12)18(30(28,29)23-8-9-26)11-17(16)24-25(19)14-6-4-13(21)5-7-14/h4-7,10-12,23,26H,2-3,8-9H2,1H3,(H,22,27). The Bertz CT molecular complexity index is 1220. The number of aliphatic hydroxyl groups is 1. The van der Waals surface area contributed by atoms with Crippen LogP contribution in [0.5, 0.6) is 0 Å². The molecule has 0 atom stereocenters. The van der Waals surface area contributed by atoms with Crippen molar-refractivity contribution in [2.75, 3.05) is 20.2 Å². The first-order valence-corrected chi connectivity index (χ1v) is 11.0. The van der Waals surface area contributed by atoms with Gasteiger partial charge in [-0.25, -0.2) is 22.2 Å². The summed E-state index contributed by atoms with van der Waals surface area (Å²) in [6, 6.07) is 8.68. The van der Waals surface area contributed by atoms with E-state index in [4.69, 9.17) is 5.11 Å². The predicted octanol–water partition coefficient (Wildman–Crippen LogP) is 1.67. The van der Waals surface area contributed by atoms with Gasteiger partial charge in [-0.05, 0) is 60.7 Å². The second-order valence-electron chi connectivity index (χ2n) is 7.12. The molecule has 1 aliphatic carbocycles. The first-order valence-electron chi connectivity index (χ1n) is 9.51. The maximum Gasteiger partial charge on any atom is 0.270 e. The van der Waals surface area contributed by atoms with E-state index in [1.807, 2.05) is 0 Å². The fourth-order valence-electron chi connectivity index (χ4n) is 3.44. The number of rotatable bonds is 7. The van der Waals surface area contributed by atoms with Crippen molar-refractivity contribution in [3.05, 3.63) is 53.5 Å². The fraction of sp³-hybridized carbons (Fsp3) is 0.300. The maximum absolute atomic E-state index is 13.4. The molecule has 1 saturated carbocycles. The summed E-state index contributed by atoms with van der Waals surface area (Å²) < 4.78 is 42.7. The van der Waals surface area contributed by atoms with Gasteiger partial charge in [0.25, 0.3) is 5.91 Å². The van der Waals surface area contributed by atoms with Gasteiger partial charge >= 0.3 is 0 Å². The maximum atomic E-state index is 13.4. The van der Waals surface area contributed by atoms with Crippen LogP contribution in [0.1, 0.15) is 34.8 Å². The third kappa shape index (κ3) is 3.69. The highest BCUT2D eigenvalue weighted by Crippen LogP contribution is 2.44. The van der Waals surface area contributed by atoms with E-state index >= 15 is 0 Å². The van der Waals surface area contributed by atoms with Gasteiger partial charge < -0.3 is 10.4 Å². The summed E-state index contributed by atoms with van der Waals surface area (Å²) in [5, 5.41) is 16.5. The van der Waals surface area contributed by atoms with Gasteiger partial charge in [-0.3, -0.25) is 4.79 Å². The van der Waals surface area contributed by atoms with E-state index in [0.717, 1.165) is 12.8 Å². The molecule has 0 aliphatic heterocycles. The van der Waals surface area contributed by atoms with Crippen LogP contribution in [0, 0.1) is 5.82 Å². The Morgan fingerprint density at radius 2 is 1.97 bits per heavy atom. The first-order chi connectivity index (χ1) is 14.4. The minimum absolute atomic E-state index is 0.0850. The highest BCUT2D eigenvalue weighted by Gasteiger charge is 2.32. The number of hydrogen-bond acceptors (Lipinski definition) is 5. The number of sulfonamides is 1. The van der Waals surface area contributed by atoms with Crippen molar-refractivity contribution in [3.63, 3.8) is 0 Å². The molecule has 1 aromatic heterocycles. The lowest BCUT2D eigenvalue weighted by molar-refractivity contribution is 0.0957. The fourth-order valence-corrected chi connectivity index (χ4v) is 4.76. The van der Waals surface area contributed by atoms with Gasteiger partial charge in [-0.1, -0.05) is 0 Å². The van der Waals surface area contributed by atoms with Crippen LogP contribution in [-0.2, 0) is 10.0 Å². The van der Waals surface area contributed by atoms with Crippen LogP contribution in [-0.4, -0.2) is 49.4 Å². The Morgan fingerprint density at radius 3 is 2.57 bits per heavy atom. The molecule has 3 N–H and O–H groups in total. The molecule has 1 aliphatic rings. The van der Waals surface area contributed by atoms with Crippen molar-refractivity contribution >= 4 is 26.8 Å². The van der Waals surface area contributed by atoms with Crippen molar-refractivity contribution in [2.45, 2.75) is 23.7 Å². The molecule has 1 amide bonds. The lowest BCUT2D eigenvalue weighted by Crippen LogP contribution is -2.27. The molecule has 10 heteroatoms. The summed E-state index contributed by atoms with van der Waals surface area (Å²) in [6.07, 6.45) is 1.71. The summed E-state index contributed by atoms with van der Waals surface area (Å²) in [4.78, 5) is 12.8. The number of fused-ring (bicyclic) bond motifs is 1. The number of aromatic nitrogens is 2. The summed E-state index contributed by atoms with van der Waals surface area (Å²) in [5.74, 6) is -0.726. The zero-order chi connectivity index (χ0) is 21.5. The number of halogens is 1. The Labute approximate surface area is 172 Å². The smallest absolute Gasteiger partial charge is 0.270 e. The van der Waals surface area contributed by atoms with Gasteiger partial charge in [0.15, 0.2) is 0 Å². The quantitative estimate of drug-likeness (QED) is 0.526. The van der Waals surface area contributed by atoms with Crippen molar-refractivity contribution in [1.82, 2.24) is 19.8 Å². The van der Waals surface area contributed by atoms with Crippen LogP contribution in [0.2, 0.25) is 0 Å². The van der Waals surface area contributed by atoms with Crippen molar-refractivity contribution in [2.24, 2.45) is 0 Å². The number of benzene rings is 2. The molecule has 4 rings (SSSR count). The number of hydrogen-bond donors (Lipinski definition) is 3. The van der Waals surface area contributed by atoms with E-state index in [0.29, 0.717) is 22.2 Å². The molecule has 0 unspecified atom stereocenters. The van der Waals surface area contributed by atoms with Crippen LogP contribution >= 0.6 is 0 Å². The Hall–Kier alpha value is -2.82. The monoisotopic (exact) mass is 432 g/mol. The number of carbonyl (C=O) groups excluding carboxylic acids is 1. The van der Waals surface area contributed by atoms with Gasteiger partial charge in [-0.2, -0.15) is 5.10 Å². The lowest BCUT2D eigenvalue weighted by atomic mass is 10.1. The summed E-state index contributed by atoms with van der Waals surface area (Å²) in [6.45, 7) is -0.418. The summed E-state index contributed by atoms with van der Waals surface area (Å²) in [5.41, 5.74) is 1.67. The van der Waals surface area contributed by atoms with Crippen LogP contribution in [0.4, 0.5) is 4.39 Å². The van der Waals surface area contributed by atoms with Crippen LogP contribution in [0.3, 0.4) is 0 Å². The highest BCUT2D eigenvalue weighted by atomic mass is 32.2. The molecular weight excluding hydrogens is 411 g/mol. The van der Waals surface area contributed by atoms with E-state index in [1.54, 1.807) is 6.07 Å². The van der Waals surface area contributed by atoms with Crippen molar-refractivity contribution in [3.8, 4) is 5.69 Å². The lowest BCUT2D eigenvalue weighted by Gasteiger charge is -2.11. The average molecular weight is 432 g/mol. The highest BCUT2D eigenvalue weighted by molar-refractivity contribution is 7.89. The predicted molar refractivity (Wildman–Crippen MR) is 109 cm³/mol. The number of amides is 1. The normalized spacial score (nSPS) is 14.2. The number of aliphatic hydroxyl groups excluding tert-OH is 1. The van der Waals surface area contributed by atoms with E-state index in [1.165, 1.54) is 42.1 Å². The number of carbonyl (C=O) groups is 1. The Morgan fingerprint density at radius 1 is 1.27 bits per heavy atom. The molecule has 158 valence electrons. The Kier molecular flexibility index (Phi) is 5.31. The molecule has 8 nitrogen and oxygen atoms in total. The van der Waals surface area contributed by atoms with Crippen LogP contribution in [0.15, 0.2) is 41.3 Å². The molecule has 1 heterocycles. The second kappa shape index (κ2) is 7.78. The molecular formula is C20H21FN4O4S. The summed E-state index contributed by atoms with van der Waals surface area (Å²) in [7, 11) is -2.36. The minimum atomic E-state index is -3.86.